The number of hydrogen-bond donors (Lipinski definition) is 1. The van der Waals surface area contributed by atoms with Crippen molar-refractivity contribution >= 4 is 24.2 Å². The Kier molecular flexibility index (Phi) is 13.9. The zero-order valence-electron chi connectivity index (χ0n) is 25.4. The molecule has 1 heterocycles. The summed E-state index contributed by atoms with van der Waals surface area (Å²) in [5, 5.41) is 2.60. The van der Waals surface area contributed by atoms with Gasteiger partial charge in [0.25, 0.3) is 0 Å². The van der Waals surface area contributed by atoms with E-state index in [0.29, 0.717) is 25.3 Å². The van der Waals surface area contributed by atoms with Crippen LogP contribution in [0.2, 0.25) is 0 Å². The molecule has 12 nitrogen and oxygen atoms in total. The normalized spacial score (nSPS) is 19.1. The fourth-order valence-electron chi connectivity index (χ4n) is 4.48. The maximum atomic E-state index is 13.1. The fraction of sp³-hybridized carbons (Fsp3) is 0.759. The van der Waals surface area contributed by atoms with E-state index in [1.807, 2.05) is 12.5 Å². The molecule has 1 saturated carbocycles. The van der Waals surface area contributed by atoms with Gasteiger partial charge in [-0.3, -0.25) is 9.59 Å². The molecule has 41 heavy (non-hydrogen) atoms. The molecule has 1 aliphatic rings. The van der Waals surface area contributed by atoms with Crippen molar-refractivity contribution in [3.05, 3.63) is 18.2 Å². The molecule has 0 aliphatic heterocycles. The van der Waals surface area contributed by atoms with Crippen LogP contribution in [0, 0.1) is 17.8 Å². The molecule has 0 bridgehead atoms. The summed E-state index contributed by atoms with van der Waals surface area (Å²) in [7, 11) is 0. The number of carbonyl (C=O) groups is 4. The van der Waals surface area contributed by atoms with Gasteiger partial charge in [0.05, 0.1) is 30.0 Å². The number of imidazole rings is 1. The summed E-state index contributed by atoms with van der Waals surface area (Å²) < 4.78 is 27.6. The van der Waals surface area contributed by atoms with Crippen molar-refractivity contribution in [1.82, 2.24) is 14.9 Å². The van der Waals surface area contributed by atoms with E-state index in [1.54, 1.807) is 27.7 Å². The Labute approximate surface area is 242 Å². The van der Waals surface area contributed by atoms with E-state index in [-0.39, 0.29) is 18.6 Å². The quantitative estimate of drug-likeness (QED) is 0.133. The molecule has 0 spiro atoms. The van der Waals surface area contributed by atoms with Crippen LogP contribution >= 0.6 is 0 Å². The van der Waals surface area contributed by atoms with Crippen LogP contribution in [0.25, 0.3) is 0 Å². The van der Waals surface area contributed by atoms with E-state index in [4.69, 9.17) is 23.7 Å². The number of aromatic nitrogens is 2. The summed E-state index contributed by atoms with van der Waals surface area (Å²) in [6.45, 7) is 12.1. The maximum Gasteiger partial charge on any atom is 0.511 e. The van der Waals surface area contributed by atoms with Gasteiger partial charge in [-0.15, -0.1) is 0 Å². The number of amides is 1. The Balaban J connectivity index is 1.94. The standard InChI is InChI=1S/C29H47N3O9/c1-18(2)26(33)38-21(6)40-28(35)30-14-8-9-23(27(34)39-22(7)41-29(36)37-19(3)4)15-24-16-32(17-31-24)25-12-10-20(5)11-13-25/h16-23,25H,8-15H2,1-7H3,(H,30,35). The molecule has 3 atom stereocenters. The first-order valence-corrected chi connectivity index (χ1v) is 14.6. The van der Waals surface area contributed by atoms with Crippen molar-refractivity contribution < 1.29 is 42.9 Å². The first-order valence-electron chi connectivity index (χ1n) is 14.6. The number of nitrogens with zero attached hydrogens (tertiary/aromatic N) is 2. The van der Waals surface area contributed by atoms with Gasteiger partial charge >= 0.3 is 24.2 Å². The minimum absolute atomic E-state index is 0.217. The van der Waals surface area contributed by atoms with Gasteiger partial charge in [-0.2, -0.15) is 0 Å². The van der Waals surface area contributed by atoms with Crippen LogP contribution in [-0.2, 0) is 39.7 Å². The van der Waals surface area contributed by atoms with Crippen molar-refractivity contribution in [1.29, 1.82) is 0 Å². The first kappa shape index (κ1) is 33.9. The molecule has 1 amide bonds. The average molecular weight is 582 g/mol. The van der Waals surface area contributed by atoms with Crippen LogP contribution in [0.5, 0.6) is 0 Å². The van der Waals surface area contributed by atoms with Crippen LogP contribution in [0.1, 0.15) is 98.7 Å². The highest BCUT2D eigenvalue weighted by atomic mass is 16.8. The summed E-state index contributed by atoms with van der Waals surface area (Å²) in [5.41, 5.74) is 0.756. The van der Waals surface area contributed by atoms with E-state index in [9.17, 15) is 19.2 Å². The third kappa shape index (κ3) is 12.8. The Morgan fingerprint density at radius 1 is 0.902 bits per heavy atom. The van der Waals surface area contributed by atoms with Crippen molar-refractivity contribution in [3.8, 4) is 0 Å². The third-order valence-corrected chi connectivity index (χ3v) is 6.75. The SMILES string of the molecule is CC1CCC(n2cnc(CC(CCCNC(=O)OC(C)OC(=O)C(C)C)C(=O)OC(C)OC(=O)OC(C)C)c2)CC1. The summed E-state index contributed by atoms with van der Waals surface area (Å²) in [6.07, 6.45) is 5.28. The van der Waals surface area contributed by atoms with Gasteiger partial charge in [0.15, 0.2) is 0 Å². The second kappa shape index (κ2) is 16.8. The molecule has 1 aliphatic carbocycles. The second-order valence-corrected chi connectivity index (χ2v) is 11.3. The Morgan fingerprint density at radius 2 is 1.54 bits per heavy atom. The van der Waals surface area contributed by atoms with E-state index in [1.165, 1.54) is 26.7 Å². The lowest BCUT2D eigenvalue weighted by Crippen LogP contribution is -2.32. The molecule has 1 N–H and O–H groups in total. The highest BCUT2D eigenvalue weighted by molar-refractivity contribution is 5.73. The van der Waals surface area contributed by atoms with Crippen LogP contribution in [-0.4, -0.2) is 59.0 Å². The van der Waals surface area contributed by atoms with Crippen molar-refractivity contribution in [2.75, 3.05) is 6.54 Å². The molecule has 1 aromatic heterocycles. The second-order valence-electron chi connectivity index (χ2n) is 11.3. The lowest BCUT2D eigenvalue weighted by molar-refractivity contribution is -0.174. The molecule has 0 radical (unpaired) electrons. The summed E-state index contributed by atoms with van der Waals surface area (Å²) >= 11 is 0. The van der Waals surface area contributed by atoms with Gasteiger partial charge in [0, 0.05) is 39.1 Å². The van der Waals surface area contributed by atoms with Gasteiger partial charge in [-0.05, 0) is 58.3 Å². The van der Waals surface area contributed by atoms with Crippen LogP contribution in [0.3, 0.4) is 0 Å². The summed E-state index contributed by atoms with van der Waals surface area (Å²) in [6, 6.07) is 0.399. The number of alkyl carbamates (subject to hydrolysis) is 1. The Hall–Kier alpha value is -3.31. The van der Waals surface area contributed by atoms with Crippen molar-refractivity contribution in [2.24, 2.45) is 17.8 Å². The summed E-state index contributed by atoms with van der Waals surface area (Å²) in [5.74, 6) is -1.22. The minimum atomic E-state index is -1.14. The predicted molar refractivity (Wildman–Crippen MR) is 148 cm³/mol. The number of ether oxygens (including phenoxy) is 5. The average Bonchev–Trinajstić information content (AvgIpc) is 3.33. The molecule has 1 fully saturated rings. The van der Waals surface area contributed by atoms with Gasteiger partial charge in [-0.1, -0.05) is 20.8 Å². The van der Waals surface area contributed by atoms with Crippen molar-refractivity contribution in [2.45, 2.75) is 118 Å². The van der Waals surface area contributed by atoms with E-state index < -0.39 is 42.7 Å². The van der Waals surface area contributed by atoms with Crippen LogP contribution < -0.4 is 5.32 Å². The third-order valence-electron chi connectivity index (χ3n) is 6.75. The molecular weight excluding hydrogens is 534 g/mol. The molecule has 3 unspecified atom stereocenters. The zero-order valence-corrected chi connectivity index (χ0v) is 25.4. The smallest absolute Gasteiger partial charge is 0.431 e. The van der Waals surface area contributed by atoms with Gasteiger partial charge in [0.2, 0.25) is 12.6 Å². The Bertz CT molecular complexity index is 986. The van der Waals surface area contributed by atoms with Crippen LogP contribution in [0.4, 0.5) is 9.59 Å². The first-order chi connectivity index (χ1) is 19.3. The monoisotopic (exact) mass is 581 g/mol. The number of rotatable bonds is 14. The molecular formula is C29H47N3O9. The fourth-order valence-corrected chi connectivity index (χ4v) is 4.48. The Morgan fingerprint density at radius 3 is 2.17 bits per heavy atom. The van der Waals surface area contributed by atoms with Crippen molar-refractivity contribution in [3.63, 3.8) is 0 Å². The predicted octanol–water partition coefficient (Wildman–Crippen LogP) is 5.30. The summed E-state index contributed by atoms with van der Waals surface area (Å²) in [4.78, 5) is 53.2. The zero-order chi connectivity index (χ0) is 30.5. The molecule has 2 rings (SSSR count). The lowest BCUT2D eigenvalue weighted by Gasteiger charge is -2.27. The largest absolute Gasteiger partial charge is 0.511 e. The topological polar surface area (TPSA) is 144 Å². The molecule has 232 valence electrons. The molecule has 12 heteroatoms. The van der Waals surface area contributed by atoms with Gasteiger partial charge < -0.3 is 33.6 Å². The molecule has 0 saturated heterocycles. The lowest BCUT2D eigenvalue weighted by atomic mass is 9.87. The number of nitrogens with one attached hydrogen (secondary N) is 1. The van der Waals surface area contributed by atoms with E-state index >= 15 is 0 Å². The van der Waals surface area contributed by atoms with E-state index in [2.05, 4.69) is 21.8 Å². The number of esters is 2. The van der Waals surface area contributed by atoms with Crippen LogP contribution in [0.15, 0.2) is 12.5 Å². The maximum absolute atomic E-state index is 13.1. The minimum Gasteiger partial charge on any atom is -0.431 e. The molecule has 1 aromatic rings. The van der Waals surface area contributed by atoms with Gasteiger partial charge in [-0.25, -0.2) is 14.6 Å². The highest BCUT2D eigenvalue weighted by Gasteiger charge is 2.26. The number of carbonyl (C=O) groups excluding carboxylic acids is 4. The molecule has 0 aromatic carbocycles. The highest BCUT2D eigenvalue weighted by Crippen LogP contribution is 2.32. The van der Waals surface area contributed by atoms with Gasteiger partial charge in [0.1, 0.15) is 0 Å². The number of hydrogen-bond acceptors (Lipinski definition) is 10. The van der Waals surface area contributed by atoms with E-state index in [0.717, 1.165) is 24.5 Å².